The smallest absolute Gasteiger partial charge is 0.344 e. The minimum Gasteiger partial charge on any atom is -0.479 e. The van der Waals surface area contributed by atoms with Crippen molar-refractivity contribution >= 4 is 5.97 Å². The van der Waals surface area contributed by atoms with Crippen LogP contribution in [-0.4, -0.2) is 17.2 Å². The number of nitrogens with two attached hydrogens (primary N) is 1. The maximum atomic E-state index is 13.7. The lowest BCUT2D eigenvalue weighted by Gasteiger charge is -2.15. The summed E-state index contributed by atoms with van der Waals surface area (Å²) < 4.78 is 18.9. The Kier molecular flexibility index (Phi) is 5.09. The molecule has 0 aliphatic carbocycles. The van der Waals surface area contributed by atoms with Crippen LogP contribution in [0, 0.1) is 5.82 Å². The van der Waals surface area contributed by atoms with Crippen LogP contribution < -0.4 is 10.5 Å². The third-order valence-corrected chi connectivity index (χ3v) is 2.58. The fraction of sp³-hybridized carbons (Fsp3) is 0.462. The number of carboxylic acid groups (broad SMARTS) is 1. The molecule has 0 aliphatic heterocycles. The highest BCUT2D eigenvalue weighted by atomic mass is 19.1. The fourth-order valence-corrected chi connectivity index (χ4v) is 1.54. The number of benzene rings is 1. The van der Waals surface area contributed by atoms with Gasteiger partial charge in [-0.15, -0.1) is 0 Å². The lowest BCUT2D eigenvalue weighted by atomic mass is 10.1. The van der Waals surface area contributed by atoms with Crippen LogP contribution in [0.5, 0.6) is 5.75 Å². The first-order chi connectivity index (χ1) is 8.45. The third-order valence-electron chi connectivity index (χ3n) is 2.58. The minimum absolute atomic E-state index is 0.0553. The molecule has 0 amide bonds. The van der Waals surface area contributed by atoms with E-state index in [9.17, 15) is 9.18 Å². The van der Waals surface area contributed by atoms with E-state index in [4.69, 9.17) is 15.6 Å². The summed E-state index contributed by atoms with van der Waals surface area (Å²) in [6, 6.07) is 4.04. The Balaban J connectivity index is 2.86. The van der Waals surface area contributed by atoms with E-state index in [-0.39, 0.29) is 11.8 Å². The van der Waals surface area contributed by atoms with Gasteiger partial charge in [-0.3, -0.25) is 0 Å². The third kappa shape index (κ3) is 3.70. The lowest BCUT2D eigenvalue weighted by Crippen LogP contribution is -2.27. The van der Waals surface area contributed by atoms with Gasteiger partial charge in [0.05, 0.1) is 0 Å². The topological polar surface area (TPSA) is 72.5 Å². The van der Waals surface area contributed by atoms with E-state index in [2.05, 4.69) is 0 Å². The molecule has 3 N–H and O–H groups in total. The SMILES string of the molecule is CCCC(Oc1ccc(C(C)N)cc1F)C(=O)O. The molecule has 18 heavy (non-hydrogen) atoms. The number of rotatable bonds is 6. The summed E-state index contributed by atoms with van der Waals surface area (Å²) in [5.41, 5.74) is 6.27. The monoisotopic (exact) mass is 255 g/mol. The molecule has 5 heteroatoms. The van der Waals surface area contributed by atoms with E-state index < -0.39 is 17.9 Å². The highest BCUT2D eigenvalue weighted by Gasteiger charge is 2.20. The van der Waals surface area contributed by atoms with Crippen molar-refractivity contribution in [1.82, 2.24) is 0 Å². The van der Waals surface area contributed by atoms with Crippen LogP contribution in [-0.2, 0) is 4.79 Å². The molecule has 0 bridgehead atoms. The summed E-state index contributed by atoms with van der Waals surface area (Å²) >= 11 is 0. The van der Waals surface area contributed by atoms with Gasteiger partial charge in [-0.05, 0) is 31.0 Å². The molecule has 100 valence electrons. The molecular formula is C13H18FNO3. The van der Waals surface area contributed by atoms with E-state index >= 15 is 0 Å². The van der Waals surface area contributed by atoms with Crippen LogP contribution >= 0.6 is 0 Å². The summed E-state index contributed by atoms with van der Waals surface area (Å²) in [7, 11) is 0. The van der Waals surface area contributed by atoms with Gasteiger partial charge >= 0.3 is 5.97 Å². The van der Waals surface area contributed by atoms with Crippen LogP contribution in [0.15, 0.2) is 18.2 Å². The highest BCUT2D eigenvalue weighted by molar-refractivity contribution is 5.72. The molecular weight excluding hydrogens is 237 g/mol. The second kappa shape index (κ2) is 6.35. The van der Waals surface area contributed by atoms with Gasteiger partial charge < -0.3 is 15.6 Å². The second-order valence-corrected chi connectivity index (χ2v) is 4.21. The Hall–Kier alpha value is -1.62. The summed E-state index contributed by atoms with van der Waals surface area (Å²) in [4.78, 5) is 10.9. The van der Waals surface area contributed by atoms with Crippen LogP contribution in [0.1, 0.15) is 38.3 Å². The van der Waals surface area contributed by atoms with E-state index in [1.165, 1.54) is 12.1 Å². The number of aliphatic carboxylic acids is 1. The molecule has 4 nitrogen and oxygen atoms in total. The van der Waals surface area contributed by atoms with E-state index in [1.807, 2.05) is 6.92 Å². The van der Waals surface area contributed by atoms with Gasteiger partial charge in [0.25, 0.3) is 0 Å². The molecule has 0 heterocycles. The Morgan fingerprint density at radius 2 is 2.22 bits per heavy atom. The van der Waals surface area contributed by atoms with E-state index in [1.54, 1.807) is 13.0 Å². The zero-order chi connectivity index (χ0) is 13.7. The number of halogens is 1. The first-order valence-corrected chi connectivity index (χ1v) is 5.90. The Bertz CT molecular complexity index is 421. The van der Waals surface area contributed by atoms with Crippen molar-refractivity contribution in [1.29, 1.82) is 0 Å². The summed E-state index contributed by atoms with van der Waals surface area (Å²) in [6.07, 6.45) is -0.0361. The second-order valence-electron chi connectivity index (χ2n) is 4.21. The first kappa shape index (κ1) is 14.4. The fourth-order valence-electron chi connectivity index (χ4n) is 1.54. The number of carbonyl (C=O) groups is 1. The van der Waals surface area contributed by atoms with E-state index in [0.717, 1.165) is 0 Å². The quantitative estimate of drug-likeness (QED) is 0.819. The molecule has 2 atom stereocenters. The number of hydrogen-bond donors (Lipinski definition) is 2. The Labute approximate surface area is 106 Å². The van der Waals surface area contributed by atoms with Crippen molar-refractivity contribution in [2.24, 2.45) is 5.73 Å². The molecule has 0 fully saturated rings. The summed E-state index contributed by atoms with van der Waals surface area (Å²) in [6.45, 7) is 3.58. The van der Waals surface area contributed by atoms with Crippen molar-refractivity contribution in [3.05, 3.63) is 29.6 Å². The number of carboxylic acids is 1. The number of ether oxygens (including phenoxy) is 1. The van der Waals surface area contributed by atoms with Gasteiger partial charge in [0.1, 0.15) is 0 Å². The summed E-state index contributed by atoms with van der Waals surface area (Å²) in [5.74, 6) is -1.74. The van der Waals surface area contributed by atoms with Crippen LogP contribution in [0.4, 0.5) is 4.39 Å². The molecule has 2 unspecified atom stereocenters. The lowest BCUT2D eigenvalue weighted by molar-refractivity contribution is -0.145. The van der Waals surface area contributed by atoms with E-state index in [0.29, 0.717) is 18.4 Å². The molecule has 0 saturated heterocycles. The molecule has 0 aliphatic rings. The van der Waals surface area contributed by atoms with Gasteiger partial charge in [-0.25, -0.2) is 9.18 Å². The van der Waals surface area contributed by atoms with Gasteiger partial charge in [0.2, 0.25) is 0 Å². The predicted molar refractivity (Wildman–Crippen MR) is 66.0 cm³/mol. The van der Waals surface area contributed by atoms with Crippen molar-refractivity contribution in [2.45, 2.75) is 38.8 Å². The zero-order valence-electron chi connectivity index (χ0n) is 10.5. The summed E-state index contributed by atoms with van der Waals surface area (Å²) in [5, 5.41) is 8.93. The van der Waals surface area contributed by atoms with Gasteiger partial charge in [-0.1, -0.05) is 19.4 Å². The van der Waals surface area contributed by atoms with Crippen LogP contribution in [0.3, 0.4) is 0 Å². The highest BCUT2D eigenvalue weighted by Crippen LogP contribution is 2.23. The molecule has 0 spiro atoms. The first-order valence-electron chi connectivity index (χ1n) is 5.90. The van der Waals surface area contributed by atoms with Gasteiger partial charge in [0.15, 0.2) is 17.7 Å². The number of hydrogen-bond acceptors (Lipinski definition) is 3. The van der Waals surface area contributed by atoms with Crippen LogP contribution in [0.25, 0.3) is 0 Å². The van der Waals surface area contributed by atoms with Crippen molar-refractivity contribution in [3.63, 3.8) is 0 Å². The standard InChI is InChI=1S/C13H18FNO3/c1-3-4-12(13(16)17)18-11-6-5-9(8(2)15)7-10(11)14/h5-8,12H,3-4,15H2,1-2H3,(H,16,17). The van der Waals surface area contributed by atoms with Crippen molar-refractivity contribution < 1.29 is 19.0 Å². The zero-order valence-corrected chi connectivity index (χ0v) is 10.5. The maximum Gasteiger partial charge on any atom is 0.344 e. The molecule has 1 aromatic rings. The molecule has 1 aromatic carbocycles. The largest absolute Gasteiger partial charge is 0.479 e. The normalized spacial score (nSPS) is 14.0. The van der Waals surface area contributed by atoms with Gasteiger partial charge in [0, 0.05) is 6.04 Å². The Morgan fingerprint density at radius 3 is 2.67 bits per heavy atom. The Morgan fingerprint density at radius 1 is 1.56 bits per heavy atom. The average Bonchev–Trinajstić information content (AvgIpc) is 2.30. The average molecular weight is 255 g/mol. The van der Waals surface area contributed by atoms with Crippen LogP contribution in [0.2, 0.25) is 0 Å². The molecule has 1 rings (SSSR count). The maximum absolute atomic E-state index is 13.7. The molecule has 0 aromatic heterocycles. The van der Waals surface area contributed by atoms with Gasteiger partial charge in [-0.2, -0.15) is 0 Å². The predicted octanol–water partition coefficient (Wildman–Crippen LogP) is 2.48. The molecule has 0 saturated carbocycles. The van der Waals surface area contributed by atoms with Crippen molar-refractivity contribution in [2.75, 3.05) is 0 Å². The molecule has 0 radical (unpaired) electrons. The minimum atomic E-state index is -1.09. The van der Waals surface area contributed by atoms with Crippen molar-refractivity contribution in [3.8, 4) is 5.75 Å².